The standard InChI is InChI=1S/C25H31F2N5O4S/c1-16-24(33)30(3)21-7-6-20(28-23(21)32(16)17-9-11-29(2)12-10-17)19-13-18(5-8-22(19)36-4)37(34,35)31-14-25(26,27)15-31/h5-8,13,16-17H,9-12,14-15H2,1-4H3/t16-/m1/s1. The molecule has 3 aliphatic rings. The number of likely N-dealkylation sites (tertiary alicyclic amines) is 1. The van der Waals surface area contributed by atoms with Gasteiger partial charge in [-0.2, -0.15) is 4.31 Å². The first-order chi connectivity index (χ1) is 17.4. The van der Waals surface area contributed by atoms with E-state index in [1.807, 2.05) is 6.92 Å². The molecule has 2 fully saturated rings. The Labute approximate surface area is 215 Å². The highest BCUT2D eigenvalue weighted by atomic mass is 32.2. The molecular formula is C25H31F2N5O4S. The number of fused-ring (bicyclic) bond motifs is 1. The first-order valence-corrected chi connectivity index (χ1v) is 13.7. The van der Waals surface area contributed by atoms with Crippen LogP contribution < -0.4 is 14.5 Å². The van der Waals surface area contributed by atoms with Gasteiger partial charge in [0.15, 0.2) is 5.82 Å². The van der Waals surface area contributed by atoms with Crippen molar-refractivity contribution < 1.29 is 26.7 Å². The molecule has 0 saturated carbocycles. The van der Waals surface area contributed by atoms with Crippen molar-refractivity contribution in [3.8, 4) is 17.0 Å². The number of halogens is 2. The molecule has 4 heterocycles. The number of carbonyl (C=O) groups is 1. The maximum absolute atomic E-state index is 13.4. The Morgan fingerprint density at radius 1 is 1.08 bits per heavy atom. The largest absolute Gasteiger partial charge is 0.496 e. The molecule has 0 unspecified atom stereocenters. The van der Waals surface area contributed by atoms with Crippen molar-refractivity contribution in [2.24, 2.45) is 0 Å². The van der Waals surface area contributed by atoms with Gasteiger partial charge in [0.05, 0.1) is 36.5 Å². The van der Waals surface area contributed by atoms with Gasteiger partial charge in [-0.05, 0) is 70.2 Å². The van der Waals surface area contributed by atoms with E-state index in [1.54, 1.807) is 24.1 Å². The van der Waals surface area contributed by atoms with Crippen molar-refractivity contribution in [1.82, 2.24) is 14.2 Å². The van der Waals surface area contributed by atoms with Crippen molar-refractivity contribution >= 4 is 27.4 Å². The van der Waals surface area contributed by atoms with Crippen molar-refractivity contribution in [3.05, 3.63) is 30.3 Å². The number of hydrogen-bond donors (Lipinski definition) is 0. The Morgan fingerprint density at radius 3 is 2.38 bits per heavy atom. The van der Waals surface area contributed by atoms with E-state index < -0.39 is 35.1 Å². The van der Waals surface area contributed by atoms with Gasteiger partial charge < -0.3 is 19.4 Å². The minimum atomic E-state index is -4.10. The van der Waals surface area contributed by atoms with Crippen molar-refractivity contribution in [1.29, 1.82) is 0 Å². The maximum atomic E-state index is 13.4. The maximum Gasteiger partial charge on any atom is 0.275 e. The molecule has 1 amide bonds. The summed E-state index contributed by atoms with van der Waals surface area (Å²) in [5, 5.41) is 0. The van der Waals surface area contributed by atoms with Gasteiger partial charge >= 0.3 is 0 Å². The molecule has 0 spiro atoms. The highest BCUT2D eigenvalue weighted by Gasteiger charge is 2.50. The molecule has 2 saturated heterocycles. The van der Waals surface area contributed by atoms with E-state index >= 15 is 0 Å². The molecule has 9 nitrogen and oxygen atoms in total. The highest BCUT2D eigenvalue weighted by molar-refractivity contribution is 7.89. The summed E-state index contributed by atoms with van der Waals surface area (Å²) in [6.07, 6.45) is 1.78. The summed E-state index contributed by atoms with van der Waals surface area (Å²) in [4.78, 5) is 23.8. The van der Waals surface area contributed by atoms with Gasteiger partial charge in [-0.1, -0.05) is 0 Å². The minimum absolute atomic E-state index is 0.0157. The Hall–Kier alpha value is -2.83. The van der Waals surface area contributed by atoms with Crippen LogP contribution in [-0.2, 0) is 14.8 Å². The summed E-state index contributed by atoms with van der Waals surface area (Å²) in [5.74, 6) is -1.98. The van der Waals surface area contributed by atoms with Gasteiger partial charge in [0.25, 0.3) is 5.92 Å². The van der Waals surface area contributed by atoms with Gasteiger partial charge in [0.1, 0.15) is 11.8 Å². The normalized spacial score (nSPS) is 23.1. The number of amides is 1. The number of aromatic nitrogens is 1. The number of benzene rings is 1. The van der Waals surface area contributed by atoms with Crippen LogP contribution >= 0.6 is 0 Å². The number of carbonyl (C=O) groups excluding carboxylic acids is 1. The monoisotopic (exact) mass is 535 g/mol. The predicted molar refractivity (Wildman–Crippen MR) is 136 cm³/mol. The number of anilines is 2. The number of piperidine rings is 1. The molecule has 1 atom stereocenters. The Kier molecular flexibility index (Phi) is 6.40. The minimum Gasteiger partial charge on any atom is -0.496 e. The molecule has 5 rings (SSSR count). The SMILES string of the molecule is COc1ccc(S(=O)(=O)N2CC(F)(F)C2)cc1-c1ccc2c(n1)N(C1CCN(C)CC1)[C@H](C)C(=O)N2C. The zero-order valence-corrected chi connectivity index (χ0v) is 22.1. The summed E-state index contributed by atoms with van der Waals surface area (Å²) in [6.45, 7) is 2.03. The summed E-state index contributed by atoms with van der Waals surface area (Å²) < 4.78 is 59.1. The molecule has 0 radical (unpaired) electrons. The number of likely N-dealkylation sites (N-methyl/N-ethyl adjacent to an activating group) is 1. The van der Waals surface area contributed by atoms with E-state index in [1.165, 1.54) is 25.3 Å². The number of alkyl halides is 2. The van der Waals surface area contributed by atoms with Crippen molar-refractivity contribution in [2.75, 3.05) is 57.2 Å². The fourth-order valence-electron chi connectivity index (χ4n) is 5.34. The molecule has 200 valence electrons. The van der Waals surface area contributed by atoms with Crippen molar-refractivity contribution in [3.63, 3.8) is 0 Å². The van der Waals surface area contributed by atoms with Crippen LogP contribution in [0.1, 0.15) is 19.8 Å². The van der Waals surface area contributed by atoms with Gasteiger partial charge in [-0.25, -0.2) is 22.2 Å². The lowest BCUT2D eigenvalue weighted by Crippen LogP contribution is -2.58. The van der Waals surface area contributed by atoms with E-state index in [-0.39, 0.29) is 16.8 Å². The Balaban J connectivity index is 1.57. The predicted octanol–water partition coefficient (Wildman–Crippen LogP) is 2.66. The number of nitrogens with zero attached hydrogens (tertiary/aromatic N) is 5. The first-order valence-electron chi connectivity index (χ1n) is 12.2. The lowest BCUT2D eigenvalue weighted by molar-refractivity contribution is -0.119. The third-order valence-electron chi connectivity index (χ3n) is 7.55. The second-order valence-corrected chi connectivity index (χ2v) is 12.0. The molecule has 12 heteroatoms. The number of sulfonamides is 1. The van der Waals surface area contributed by atoms with E-state index in [9.17, 15) is 22.0 Å². The summed E-state index contributed by atoms with van der Waals surface area (Å²) in [5.41, 5.74) is 1.57. The quantitative estimate of drug-likeness (QED) is 0.582. The van der Waals surface area contributed by atoms with E-state index in [0.717, 1.165) is 30.2 Å². The zero-order chi connectivity index (χ0) is 26.7. The van der Waals surface area contributed by atoms with E-state index in [4.69, 9.17) is 9.72 Å². The molecule has 3 aliphatic heterocycles. The van der Waals surface area contributed by atoms with Crippen LogP contribution in [0, 0.1) is 0 Å². The van der Waals surface area contributed by atoms with E-state index in [0.29, 0.717) is 28.5 Å². The summed E-state index contributed by atoms with van der Waals surface area (Å²) >= 11 is 0. The molecule has 1 aromatic heterocycles. The van der Waals surface area contributed by atoms with Crippen LogP contribution in [-0.4, -0.2) is 93.9 Å². The van der Waals surface area contributed by atoms with Crippen LogP contribution in [0.3, 0.4) is 0 Å². The van der Waals surface area contributed by atoms with Crippen molar-refractivity contribution in [2.45, 2.75) is 42.7 Å². The molecule has 1 aromatic carbocycles. The first kappa shape index (κ1) is 25.8. The third-order valence-corrected chi connectivity index (χ3v) is 9.33. The van der Waals surface area contributed by atoms with E-state index in [2.05, 4.69) is 16.8 Å². The molecular weight excluding hydrogens is 504 g/mol. The van der Waals surface area contributed by atoms with Crippen LogP contribution in [0.15, 0.2) is 35.2 Å². The van der Waals surface area contributed by atoms with Gasteiger partial charge in [0, 0.05) is 18.7 Å². The van der Waals surface area contributed by atoms with Crippen LogP contribution in [0.5, 0.6) is 5.75 Å². The van der Waals surface area contributed by atoms with Crippen LogP contribution in [0.2, 0.25) is 0 Å². The Morgan fingerprint density at radius 2 is 1.76 bits per heavy atom. The van der Waals surface area contributed by atoms with Gasteiger partial charge in [-0.15, -0.1) is 0 Å². The molecule has 2 aromatic rings. The van der Waals surface area contributed by atoms with Gasteiger partial charge in [-0.3, -0.25) is 4.79 Å². The lowest BCUT2D eigenvalue weighted by atomic mass is 9.99. The smallest absolute Gasteiger partial charge is 0.275 e. The Bertz CT molecular complexity index is 1320. The summed E-state index contributed by atoms with van der Waals surface area (Å²) in [7, 11) is 1.17. The highest BCUT2D eigenvalue weighted by Crippen LogP contribution is 2.41. The molecule has 0 aliphatic carbocycles. The number of pyridine rings is 1. The third kappa shape index (κ3) is 4.44. The fourth-order valence-corrected chi connectivity index (χ4v) is 6.87. The number of rotatable bonds is 5. The summed E-state index contributed by atoms with van der Waals surface area (Å²) in [6, 6.07) is 7.53. The molecule has 0 N–H and O–H groups in total. The van der Waals surface area contributed by atoms with Crippen LogP contribution in [0.25, 0.3) is 11.3 Å². The average Bonchev–Trinajstić information content (AvgIpc) is 2.86. The van der Waals surface area contributed by atoms with Gasteiger partial charge in [0.2, 0.25) is 15.9 Å². The van der Waals surface area contributed by atoms with Crippen LogP contribution in [0.4, 0.5) is 20.3 Å². The molecule has 0 bridgehead atoms. The number of ether oxygens (including phenoxy) is 1. The molecule has 37 heavy (non-hydrogen) atoms. The number of methoxy groups -OCH3 is 1. The number of hydrogen-bond acceptors (Lipinski definition) is 7. The second kappa shape index (κ2) is 9.17. The topological polar surface area (TPSA) is 86.3 Å². The average molecular weight is 536 g/mol. The lowest BCUT2D eigenvalue weighted by Gasteiger charge is -2.46. The fraction of sp³-hybridized carbons (Fsp3) is 0.520. The second-order valence-electron chi connectivity index (χ2n) is 10.0. The zero-order valence-electron chi connectivity index (χ0n) is 21.3.